The summed E-state index contributed by atoms with van der Waals surface area (Å²) in [5.41, 5.74) is 0.817. The van der Waals surface area contributed by atoms with Crippen LogP contribution in [0, 0.1) is 11.3 Å². The molecule has 0 spiro atoms. The van der Waals surface area contributed by atoms with Crippen LogP contribution in [-0.4, -0.2) is 11.1 Å². The highest BCUT2D eigenvalue weighted by Gasteiger charge is 2.01. The van der Waals surface area contributed by atoms with Crippen LogP contribution in [0.5, 0.6) is 0 Å². The van der Waals surface area contributed by atoms with Crippen molar-refractivity contribution in [2.75, 3.05) is 0 Å². The van der Waals surface area contributed by atoms with Crippen molar-refractivity contribution in [1.82, 2.24) is 0 Å². The monoisotopic (exact) mass is 231 g/mol. The highest BCUT2D eigenvalue weighted by molar-refractivity contribution is 7.08. The smallest absolute Gasteiger partial charge is 0.346 e. The van der Waals surface area contributed by atoms with Crippen molar-refractivity contribution >= 4 is 23.4 Å². The van der Waals surface area contributed by atoms with Gasteiger partial charge >= 0.3 is 5.97 Å². The molecule has 0 unspecified atom stereocenters. The number of rotatable bonds is 4. The van der Waals surface area contributed by atoms with Crippen molar-refractivity contribution in [1.29, 1.82) is 5.26 Å². The molecule has 16 heavy (non-hydrogen) atoms. The molecule has 0 aromatic carbocycles. The van der Waals surface area contributed by atoms with E-state index >= 15 is 0 Å². The zero-order valence-electron chi connectivity index (χ0n) is 8.33. The highest BCUT2D eigenvalue weighted by Crippen LogP contribution is 2.07. The fourth-order valence-corrected chi connectivity index (χ4v) is 1.54. The molecule has 0 radical (unpaired) electrons. The summed E-state index contributed by atoms with van der Waals surface area (Å²) in [5, 5.41) is 21.0. The van der Waals surface area contributed by atoms with Crippen LogP contribution in [0.15, 0.2) is 46.7 Å². The van der Waals surface area contributed by atoms with Crippen LogP contribution in [-0.2, 0) is 4.79 Å². The molecule has 0 aliphatic rings. The van der Waals surface area contributed by atoms with E-state index in [0.717, 1.165) is 5.56 Å². The Hall–Kier alpha value is -2.12. The van der Waals surface area contributed by atoms with Gasteiger partial charge in [0, 0.05) is 0 Å². The van der Waals surface area contributed by atoms with Gasteiger partial charge in [-0.2, -0.15) is 16.6 Å². The Bertz CT molecular complexity index is 476. The number of carboxylic acids is 1. The molecule has 0 saturated carbocycles. The van der Waals surface area contributed by atoms with Crippen LogP contribution in [0.1, 0.15) is 5.56 Å². The molecule has 1 aromatic heterocycles. The second-order valence-corrected chi connectivity index (χ2v) is 3.58. The molecule has 3 nitrogen and oxygen atoms in total. The molecule has 0 atom stereocenters. The number of nitriles is 1. The fraction of sp³-hybridized carbons (Fsp3) is 0. The van der Waals surface area contributed by atoms with E-state index in [1.807, 2.05) is 22.9 Å². The van der Waals surface area contributed by atoms with Gasteiger partial charge in [-0.15, -0.1) is 0 Å². The van der Waals surface area contributed by atoms with Crippen LogP contribution in [0.25, 0.3) is 6.08 Å². The number of thiophene rings is 1. The number of hydrogen-bond donors (Lipinski definition) is 1. The van der Waals surface area contributed by atoms with Gasteiger partial charge in [0.05, 0.1) is 0 Å². The zero-order valence-corrected chi connectivity index (χ0v) is 9.15. The van der Waals surface area contributed by atoms with Gasteiger partial charge in [-0.3, -0.25) is 0 Å². The average molecular weight is 231 g/mol. The Morgan fingerprint density at radius 1 is 1.44 bits per heavy atom. The van der Waals surface area contributed by atoms with Gasteiger partial charge in [-0.1, -0.05) is 24.3 Å². The molecule has 0 bridgehead atoms. The minimum absolute atomic E-state index is 0.278. The van der Waals surface area contributed by atoms with Gasteiger partial charge in [0.2, 0.25) is 0 Å². The number of aliphatic carboxylic acids is 1. The third kappa shape index (κ3) is 3.95. The van der Waals surface area contributed by atoms with Crippen molar-refractivity contribution in [3.63, 3.8) is 0 Å². The summed E-state index contributed by atoms with van der Waals surface area (Å²) in [7, 11) is 0. The summed E-state index contributed by atoms with van der Waals surface area (Å²) >= 11 is 1.61. The number of carboxylic acid groups (broad SMARTS) is 1. The molecule has 0 aliphatic heterocycles. The first-order valence-electron chi connectivity index (χ1n) is 4.44. The number of nitrogens with zero attached hydrogens (tertiary/aromatic N) is 1. The molecule has 0 fully saturated rings. The molecule has 0 saturated heterocycles. The zero-order chi connectivity index (χ0) is 11.8. The number of allylic oxidation sites excluding steroid dienone is 4. The molecule has 0 aliphatic carbocycles. The SMILES string of the molecule is N#CC(=CC=CC=Cc1ccsc1)C(=O)O. The summed E-state index contributed by atoms with van der Waals surface area (Å²) < 4.78 is 0. The van der Waals surface area contributed by atoms with E-state index in [9.17, 15) is 4.79 Å². The van der Waals surface area contributed by atoms with E-state index in [0.29, 0.717) is 0 Å². The molecule has 4 heteroatoms. The lowest BCUT2D eigenvalue weighted by atomic mass is 10.2. The minimum Gasteiger partial charge on any atom is -0.477 e. The van der Waals surface area contributed by atoms with Crippen LogP contribution < -0.4 is 0 Å². The number of carbonyl (C=O) groups is 1. The summed E-state index contributed by atoms with van der Waals surface area (Å²) in [6.45, 7) is 0. The average Bonchev–Trinajstić information content (AvgIpc) is 2.75. The van der Waals surface area contributed by atoms with E-state index in [4.69, 9.17) is 10.4 Å². The Kier molecular flexibility index (Phi) is 4.77. The van der Waals surface area contributed by atoms with Gasteiger partial charge in [-0.25, -0.2) is 4.79 Å². The first kappa shape index (κ1) is 12.0. The molecule has 1 heterocycles. The quantitative estimate of drug-likeness (QED) is 0.492. The Labute approximate surface area is 97.3 Å². The number of hydrogen-bond acceptors (Lipinski definition) is 3. The first-order chi connectivity index (χ1) is 7.74. The maximum Gasteiger partial charge on any atom is 0.346 e. The predicted octanol–water partition coefficient (Wildman–Crippen LogP) is 2.85. The second-order valence-electron chi connectivity index (χ2n) is 2.80. The van der Waals surface area contributed by atoms with E-state index < -0.39 is 5.97 Å². The van der Waals surface area contributed by atoms with Gasteiger partial charge in [-0.05, 0) is 28.5 Å². The molecular weight excluding hydrogens is 222 g/mol. The van der Waals surface area contributed by atoms with Gasteiger partial charge in [0.25, 0.3) is 0 Å². The maximum atomic E-state index is 10.4. The Morgan fingerprint density at radius 2 is 2.25 bits per heavy atom. The lowest BCUT2D eigenvalue weighted by Crippen LogP contribution is -1.96. The summed E-state index contributed by atoms with van der Waals surface area (Å²) in [6, 6.07) is 3.57. The lowest BCUT2D eigenvalue weighted by molar-refractivity contribution is -0.132. The van der Waals surface area contributed by atoms with Gasteiger partial charge < -0.3 is 5.11 Å². The van der Waals surface area contributed by atoms with E-state index in [1.165, 1.54) is 12.2 Å². The van der Waals surface area contributed by atoms with Crippen molar-refractivity contribution in [3.8, 4) is 6.07 Å². The first-order valence-corrected chi connectivity index (χ1v) is 5.39. The molecule has 1 aromatic rings. The van der Waals surface area contributed by atoms with Crippen molar-refractivity contribution < 1.29 is 9.90 Å². The minimum atomic E-state index is -1.21. The molecule has 1 N–H and O–H groups in total. The molecule has 1 rings (SSSR count). The van der Waals surface area contributed by atoms with Crippen LogP contribution in [0.3, 0.4) is 0 Å². The van der Waals surface area contributed by atoms with Crippen LogP contribution in [0.4, 0.5) is 0 Å². The van der Waals surface area contributed by atoms with Gasteiger partial charge in [0.1, 0.15) is 11.6 Å². The maximum absolute atomic E-state index is 10.4. The van der Waals surface area contributed by atoms with Crippen LogP contribution >= 0.6 is 11.3 Å². The Morgan fingerprint density at radius 3 is 2.81 bits per heavy atom. The van der Waals surface area contributed by atoms with Crippen molar-refractivity contribution in [2.45, 2.75) is 0 Å². The van der Waals surface area contributed by atoms with Crippen molar-refractivity contribution in [2.24, 2.45) is 0 Å². The lowest BCUT2D eigenvalue weighted by Gasteiger charge is -1.84. The third-order valence-electron chi connectivity index (χ3n) is 1.67. The molecule has 0 amide bonds. The van der Waals surface area contributed by atoms with Crippen LogP contribution in [0.2, 0.25) is 0 Å². The summed E-state index contributed by atoms with van der Waals surface area (Å²) in [4.78, 5) is 10.4. The standard InChI is InChI=1S/C12H9NO2S/c13-8-11(12(14)15)5-3-1-2-4-10-6-7-16-9-10/h1-7,9H,(H,14,15). The van der Waals surface area contributed by atoms with Crippen molar-refractivity contribution in [3.05, 3.63) is 52.3 Å². The second kappa shape index (κ2) is 6.38. The third-order valence-corrected chi connectivity index (χ3v) is 2.37. The van der Waals surface area contributed by atoms with E-state index in [2.05, 4.69) is 0 Å². The summed E-state index contributed by atoms with van der Waals surface area (Å²) in [6.07, 6.45) is 8.15. The van der Waals surface area contributed by atoms with E-state index in [-0.39, 0.29) is 5.57 Å². The summed E-state index contributed by atoms with van der Waals surface area (Å²) in [5.74, 6) is -1.21. The van der Waals surface area contributed by atoms with E-state index in [1.54, 1.807) is 29.6 Å². The Balaban J connectivity index is 2.56. The fourth-order valence-electron chi connectivity index (χ4n) is 0.909. The van der Waals surface area contributed by atoms with Gasteiger partial charge in [0.15, 0.2) is 0 Å². The molecular formula is C12H9NO2S. The highest BCUT2D eigenvalue weighted by atomic mass is 32.1. The predicted molar refractivity (Wildman–Crippen MR) is 63.8 cm³/mol. The normalized spacial score (nSPS) is 12.1. The largest absolute Gasteiger partial charge is 0.477 e. The topological polar surface area (TPSA) is 61.1 Å². The molecule has 80 valence electrons.